The molecule has 3 N–H and O–H groups in total. The number of nitrogens with one attached hydrogen (secondary N) is 1. The summed E-state index contributed by atoms with van der Waals surface area (Å²) in [4.78, 5) is 14.5. The van der Waals surface area contributed by atoms with Gasteiger partial charge in [-0.1, -0.05) is 24.6 Å². The number of aliphatic hydroxyl groups is 2. The van der Waals surface area contributed by atoms with E-state index in [4.69, 9.17) is 4.74 Å². The summed E-state index contributed by atoms with van der Waals surface area (Å²) in [6, 6.07) is 8.85. The number of hydrogen-bond donors (Lipinski definition) is 3. The summed E-state index contributed by atoms with van der Waals surface area (Å²) in [7, 11) is 0. The molecule has 4 unspecified atom stereocenters. The molecule has 2 heterocycles. The highest BCUT2D eigenvalue weighted by Crippen LogP contribution is 2.28. The number of piperidine rings is 1. The fraction of sp³-hybridized carbons (Fsp3) is 0.611. The molecule has 2 fully saturated rings. The van der Waals surface area contributed by atoms with Gasteiger partial charge in [0.2, 0.25) is 0 Å². The minimum atomic E-state index is -0.730. The zero-order valence-corrected chi connectivity index (χ0v) is 13.8. The van der Waals surface area contributed by atoms with Crippen LogP contribution in [0.3, 0.4) is 0 Å². The molecule has 0 aromatic heterocycles. The average Bonchev–Trinajstić information content (AvgIpc) is 2.96. The van der Waals surface area contributed by atoms with Gasteiger partial charge in [0.15, 0.2) is 0 Å². The number of benzene rings is 1. The first kappa shape index (κ1) is 17.4. The van der Waals surface area contributed by atoms with E-state index in [-0.39, 0.29) is 24.7 Å². The molecule has 3 rings (SSSR count). The number of hydrogen-bond acceptors (Lipinski definition) is 5. The van der Waals surface area contributed by atoms with Gasteiger partial charge in [0.1, 0.15) is 12.2 Å². The second kappa shape index (κ2) is 8.07. The number of carbonyl (C=O) groups is 1. The lowest BCUT2D eigenvalue weighted by Gasteiger charge is -2.36. The highest BCUT2D eigenvalue weighted by atomic mass is 16.5. The maximum Gasteiger partial charge on any atom is 0.251 e. The third-order valence-corrected chi connectivity index (χ3v) is 4.95. The molecule has 0 aliphatic carbocycles. The predicted octanol–water partition coefficient (Wildman–Crippen LogP) is 0.392. The standard InChI is InChI=1S/C18H26N2O4/c21-12-15-17(22)16(20-9-5-2-6-10-20)14(24-15)11-19-18(23)13-7-3-1-4-8-13/h1,3-4,7-8,14-17,21-22H,2,5-6,9-12H2,(H,19,23). The van der Waals surface area contributed by atoms with Crippen molar-refractivity contribution in [3.63, 3.8) is 0 Å². The first-order valence-electron chi connectivity index (χ1n) is 8.72. The molecule has 24 heavy (non-hydrogen) atoms. The molecule has 6 nitrogen and oxygen atoms in total. The summed E-state index contributed by atoms with van der Waals surface area (Å²) < 4.78 is 5.82. The monoisotopic (exact) mass is 334 g/mol. The van der Waals surface area contributed by atoms with E-state index < -0.39 is 12.2 Å². The Kier molecular flexibility index (Phi) is 5.84. The summed E-state index contributed by atoms with van der Waals surface area (Å²) in [5.74, 6) is -0.154. The van der Waals surface area contributed by atoms with E-state index in [1.807, 2.05) is 18.2 Å². The minimum absolute atomic E-state index is 0.154. The normalized spacial score (nSPS) is 31.1. The Morgan fingerprint density at radius 3 is 2.54 bits per heavy atom. The lowest BCUT2D eigenvalue weighted by molar-refractivity contribution is -0.0209. The van der Waals surface area contributed by atoms with E-state index in [2.05, 4.69) is 10.2 Å². The summed E-state index contributed by atoms with van der Waals surface area (Å²) >= 11 is 0. The van der Waals surface area contributed by atoms with Gasteiger partial charge in [-0.15, -0.1) is 0 Å². The predicted molar refractivity (Wildman–Crippen MR) is 89.7 cm³/mol. The van der Waals surface area contributed by atoms with Gasteiger partial charge in [-0.05, 0) is 38.1 Å². The molecule has 0 spiro atoms. The van der Waals surface area contributed by atoms with Gasteiger partial charge in [0.05, 0.1) is 18.8 Å². The Labute approximate surface area is 142 Å². The second-order valence-corrected chi connectivity index (χ2v) is 6.55. The summed E-state index contributed by atoms with van der Waals surface area (Å²) in [5, 5.41) is 22.8. The van der Waals surface area contributed by atoms with E-state index in [9.17, 15) is 15.0 Å². The van der Waals surface area contributed by atoms with Gasteiger partial charge in [-0.25, -0.2) is 0 Å². The fourth-order valence-corrected chi connectivity index (χ4v) is 3.70. The SMILES string of the molecule is O=C(NCC1OC(CO)C(O)C1N1CCCCC1)c1ccccc1. The van der Waals surface area contributed by atoms with Crippen LogP contribution < -0.4 is 5.32 Å². The smallest absolute Gasteiger partial charge is 0.251 e. The van der Waals surface area contributed by atoms with E-state index >= 15 is 0 Å². The number of amides is 1. The van der Waals surface area contributed by atoms with Gasteiger partial charge < -0.3 is 20.3 Å². The third-order valence-electron chi connectivity index (χ3n) is 4.95. The summed E-state index contributed by atoms with van der Waals surface area (Å²) in [5.41, 5.74) is 0.601. The first-order valence-corrected chi connectivity index (χ1v) is 8.72. The lowest BCUT2D eigenvalue weighted by Crippen LogP contribution is -2.52. The number of ether oxygens (including phenoxy) is 1. The number of aliphatic hydroxyl groups excluding tert-OH is 2. The van der Waals surface area contributed by atoms with Crippen LogP contribution in [0.5, 0.6) is 0 Å². The van der Waals surface area contributed by atoms with Crippen LogP contribution in [-0.4, -0.2) is 71.6 Å². The lowest BCUT2D eigenvalue weighted by atomic mass is 9.99. The van der Waals surface area contributed by atoms with E-state index in [0.717, 1.165) is 25.9 Å². The van der Waals surface area contributed by atoms with Gasteiger partial charge >= 0.3 is 0 Å². The van der Waals surface area contributed by atoms with Crippen molar-refractivity contribution in [2.24, 2.45) is 0 Å². The van der Waals surface area contributed by atoms with Crippen molar-refractivity contribution in [3.05, 3.63) is 35.9 Å². The molecule has 6 heteroatoms. The van der Waals surface area contributed by atoms with Crippen molar-refractivity contribution < 1.29 is 19.7 Å². The molecule has 2 aliphatic heterocycles. The molecule has 2 aliphatic rings. The molecule has 1 amide bonds. The average molecular weight is 334 g/mol. The van der Waals surface area contributed by atoms with Gasteiger partial charge in [0, 0.05) is 12.1 Å². The largest absolute Gasteiger partial charge is 0.394 e. The zero-order valence-electron chi connectivity index (χ0n) is 13.8. The van der Waals surface area contributed by atoms with Crippen molar-refractivity contribution in [2.75, 3.05) is 26.2 Å². The number of carbonyl (C=O) groups excluding carboxylic acids is 1. The minimum Gasteiger partial charge on any atom is -0.394 e. The Hall–Kier alpha value is -1.47. The van der Waals surface area contributed by atoms with Crippen LogP contribution in [0.4, 0.5) is 0 Å². The number of nitrogens with zero attached hydrogens (tertiary/aromatic N) is 1. The molecule has 2 saturated heterocycles. The fourth-order valence-electron chi connectivity index (χ4n) is 3.70. The molecule has 0 saturated carbocycles. The van der Waals surface area contributed by atoms with Crippen molar-refractivity contribution >= 4 is 5.91 Å². The highest BCUT2D eigenvalue weighted by molar-refractivity contribution is 5.94. The van der Waals surface area contributed by atoms with Crippen LogP contribution >= 0.6 is 0 Å². The molecule has 4 atom stereocenters. The molecular weight excluding hydrogens is 308 g/mol. The topological polar surface area (TPSA) is 82.0 Å². The van der Waals surface area contributed by atoms with E-state index in [1.165, 1.54) is 6.42 Å². The van der Waals surface area contributed by atoms with Crippen LogP contribution in [0.25, 0.3) is 0 Å². The van der Waals surface area contributed by atoms with Crippen molar-refractivity contribution in [2.45, 2.75) is 43.6 Å². The summed E-state index contributed by atoms with van der Waals surface area (Å²) in [6.07, 6.45) is 1.79. The van der Waals surface area contributed by atoms with Crippen LogP contribution in [0, 0.1) is 0 Å². The van der Waals surface area contributed by atoms with Gasteiger partial charge in [-0.3, -0.25) is 9.69 Å². The second-order valence-electron chi connectivity index (χ2n) is 6.55. The molecular formula is C18H26N2O4. The van der Waals surface area contributed by atoms with Crippen molar-refractivity contribution in [1.29, 1.82) is 0 Å². The van der Waals surface area contributed by atoms with Crippen molar-refractivity contribution in [1.82, 2.24) is 10.2 Å². The summed E-state index contributed by atoms with van der Waals surface area (Å²) in [6.45, 7) is 1.95. The Bertz CT molecular complexity index is 533. The van der Waals surface area contributed by atoms with E-state index in [1.54, 1.807) is 12.1 Å². The first-order chi connectivity index (χ1) is 11.7. The van der Waals surface area contributed by atoms with Crippen LogP contribution in [-0.2, 0) is 4.74 Å². The maximum atomic E-state index is 12.2. The number of rotatable bonds is 5. The van der Waals surface area contributed by atoms with Gasteiger partial charge in [0.25, 0.3) is 5.91 Å². The van der Waals surface area contributed by atoms with Crippen LogP contribution in [0.2, 0.25) is 0 Å². The molecule has 0 bridgehead atoms. The maximum absolute atomic E-state index is 12.2. The quantitative estimate of drug-likeness (QED) is 0.726. The zero-order chi connectivity index (χ0) is 16.9. The van der Waals surface area contributed by atoms with Gasteiger partial charge in [-0.2, -0.15) is 0 Å². The highest BCUT2D eigenvalue weighted by Gasteiger charge is 2.46. The Balaban J connectivity index is 1.64. The molecule has 0 radical (unpaired) electrons. The van der Waals surface area contributed by atoms with E-state index in [0.29, 0.717) is 12.1 Å². The molecule has 1 aromatic carbocycles. The molecule has 1 aromatic rings. The molecule has 132 valence electrons. The Morgan fingerprint density at radius 1 is 1.17 bits per heavy atom. The van der Waals surface area contributed by atoms with Crippen LogP contribution in [0.15, 0.2) is 30.3 Å². The Morgan fingerprint density at radius 2 is 1.88 bits per heavy atom. The van der Waals surface area contributed by atoms with Crippen molar-refractivity contribution in [3.8, 4) is 0 Å². The van der Waals surface area contributed by atoms with Crippen LogP contribution in [0.1, 0.15) is 29.6 Å². The third kappa shape index (κ3) is 3.78. The number of likely N-dealkylation sites (tertiary alicyclic amines) is 1.